The van der Waals surface area contributed by atoms with Crippen molar-refractivity contribution in [2.24, 2.45) is 5.73 Å². The molecule has 0 radical (unpaired) electrons. The van der Waals surface area contributed by atoms with Crippen LogP contribution in [0.5, 0.6) is 0 Å². The zero-order valence-electron chi connectivity index (χ0n) is 6.86. The van der Waals surface area contributed by atoms with Crippen molar-refractivity contribution >= 4 is 22.6 Å². The van der Waals surface area contributed by atoms with Crippen LogP contribution in [0.1, 0.15) is 20.8 Å². The second kappa shape index (κ2) is 7.44. The minimum atomic E-state index is -1.14. The Labute approximate surface area is 85.9 Å². The molecular weight excluding hydrogens is 378 g/mol. The van der Waals surface area contributed by atoms with E-state index < -0.39 is 33.8 Å². The summed E-state index contributed by atoms with van der Waals surface area (Å²) >= 11 is -1.14. The van der Waals surface area contributed by atoms with Gasteiger partial charge in [-0.25, -0.2) is 4.79 Å². The molecule has 0 aromatic carbocycles. The zero-order chi connectivity index (χ0) is 9.49. The van der Waals surface area contributed by atoms with Crippen molar-refractivity contribution in [3.63, 3.8) is 0 Å². The number of amides is 1. The maximum atomic E-state index is 10.0. The Hall–Kier alpha value is 0.785. The molecule has 0 aliphatic heterocycles. The molecule has 0 fully saturated rings. The third kappa shape index (κ3) is 24.9. The fourth-order valence-electron chi connectivity index (χ4n) is 0.302. The molecule has 64 valence electrons. The average molecular weight is 389 g/mol. The van der Waals surface area contributed by atoms with E-state index in [0.717, 1.165) is 0 Å². The van der Waals surface area contributed by atoms with Crippen molar-refractivity contribution in [2.75, 3.05) is 0 Å². The molecule has 0 unspecified atom stereocenters. The molecule has 2 N–H and O–H groups in total. The van der Waals surface area contributed by atoms with Gasteiger partial charge in [0.2, 0.25) is 0 Å². The Balaban J connectivity index is 0. The van der Waals surface area contributed by atoms with E-state index in [1.807, 2.05) is 0 Å². The molecule has 0 spiro atoms. The molecule has 0 saturated carbocycles. The summed E-state index contributed by atoms with van der Waals surface area (Å²) in [7, 11) is 9.97. The molecular formula is C5H11Cl2HgNO2. The van der Waals surface area contributed by atoms with Crippen LogP contribution in [0.2, 0.25) is 0 Å². The van der Waals surface area contributed by atoms with Gasteiger partial charge in [-0.3, -0.25) is 0 Å². The first kappa shape index (κ1) is 14.3. The number of ether oxygens (including phenoxy) is 1. The topological polar surface area (TPSA) is 52.3 Å². The predicted octanol–water partition coefficient (Wildman–Crippen LogP) is 2.26. The zero-order valence-corrected chi connectivity index (χ0v) is 13.9. The van der Waals surface area contributed by atoms with Crippen molar-refractivity contribution in [2.45, 2.75) is 26.4 Å². The SMILES string of the molecule is CC(C)(C)OC(N)=O.[Cl][Hg][Cl]. The minimum absolute atomic E-state index is 0.453. The molecule has 0 saturated heterocycles. The predicted molar refractivity (Wildman–Crippen MR) is 42.1 cm³/mol. The van der Waals surface area contributed by atoms with E-state index in [0.29, 0.717) is 0 Å². The fourth-order valence-corrected chi connectivity index (χ4v) is 0.302. The summed E-state index contributed by atoms with van der Waals surface area (Å²) in [4.78, 5) is 10.0. The number of carbonyl (C=O) groups is 1. The molecule has 1 amide bonds. The molecule has 0 heterocycles. The van der Waals surface area contributed by atoms with Gasteiger partial charge in [0.25, 0.3) is 0 Å². The van der Waals surface area contributed by atoms with Crippen LogP contribution in [0, 0.1) is 0 Å². The first-order valence-corrected chi connectivity index (χ1v) is 16.5. The van der Waals surface area contributed by atoms with Crippen LogP contribution >= 0.6 is 16.5 Å². The standard InChI is InChI=1S/C5H11NO2.2ClH.Hg/c1-5(2,3)8-4(6)7;;;/h1-3H3,(H2,6,7);2*1H;/q;;;+2/p-2. The van der Waals surface area contributed by atoms with Crippen LogP contribution < -0.4 is 5.73 Å². The van der Waals surface area contributed by atoms with Gasteiger partial charge >= 0.3 is 44.7 Å². The molecule has 0 atom stereocenters. The van der Waals surface area contributed by atoms with E-state index >= 15 is 0 Å². The van der Waals surface area contributed by atoms with Gasteiger partial charge in [-0.2, -0.15) is 0 Å². The van der Waals surface area contributed by atoms with Gasteiger partial charge in [-0.1, -0.05) is 0 Å². The Morgan fingerprint density at radius 2 is 1.73 bits per heavy atom. The Bertz CT molecular complexity index is 116. The number of nitrogens with two attached hydrogens (primary N) is 1. The average Bonchev–Trinajstić information content (AvgIpc) is 1.57. The van der Waals surface area contributed by atoms with Crippen molar-refractivity contribution in [1.82, 2.24) is 0 Å². The number of hydrogen-bond acceptors (Lipinski definition) is 2. The Morgan fingerprint density at radius 3 is 1.73 bits per heavy atom. The van der Waals surface area contributed by atoms with E-state index in [2.05, 4.69) is 4.74 Å². The number of rotatable bonds is 0. The number of primary amides is 1. The summed E-state index contributed by atoms with van der Waals surface area (Å²) in [5.41, 5.74) is 4.26. The summed E-state index contributed by atoms with van der Waals surface area (Å²) in [6, 6.07) is 0. The van der Waals surface area contributed by atoms with Crippen LogP contribution in [0.3, 0.4) is 0 Å². The second-order valence-corrected chi connectivity index (χ2v) is 10.5. The van der Waals surface area contributed by atoms with Gasteiger partial charge in [0.1, 0.15) is 5.60 Å². The first-order valence-electron chi connectivity index (χ1n) is 2.94. The molecule has 0 rings (SSSR count). The summed E-state index contributed by atoms with van der Waals surface area (Å²) < 4.78 is 4.58. The number of carbonyl (C=O) groups excluding carboxylic acids is 1. The molecule has 11 heavy (non-hydrogen) atoms. The molecule has 0 bridgehead atoms. The van der Waals surface area contributed by atoms with Crippen molar-refractivity contribution in [3.8, 4) is 0 Å². The van der Waals surface area contributed by atoms with E-state index in [1.54, 1.807) is 20.8 Å². The number of hydrogen-bond donors (Lipinski definition) is 1. The van der Waals surface area contributed by atoms with Gasteiger partial charge in [-0.15, -0.1) is 0 Å². The summed E-state index contributed by atoms with van der Waals surface area (Å²) in [6.07, 6.45) is -0.725. The van der Waals surface area contributed by atoms with E-state index in [9.17, 15) is 4.79 Å². The quantitative estimate of drug-likeness (QED) is 0.647. The molecule has 0 aromatic rings. The summed E-state index contributed by atoms with van der Waals surface area (Å²) in [5, 5.41) is 0. The van der Waals surface area contributed by atoms with Crippen LogP contribution in [-0.4, -0.2) is 11.7 Å². The van der Waals surface area contributed by atoms with Crippen molar-refractivity contribution in [3.05, 3.63) is 0 Å². The third-order valence-electron chi connectivity index (χ3n) is 0.407. The van der Waals surface area contributed by atoms with Crippen LogP contribution in [0.4, 0.5) is 4.79 Å². The van der Waals surface area contributed by atoms with E-state index in [4.69, 9.17) is 22.2 Å². The summed E-state index contributed by atoms with van der Waals surface area (Å²) in [5.74, 6) is 0. The van der Waals surface area contributed by atoms with Crippen LogP contribution in [0.15, 0.2) is 0 Å². The molecule has 0 aromatic heterocycles. The van der Waals surface area contributed by atoms with Gasteiger partial charge < -0.3 is 10.5 Å². The first-order chi connectivity index (χ1) is 4.83. The van der Waals surface area contributed by atoms with Gasteiger partial charge in [0, 0.05) is 0 Å². The normalized spacial score (nSPS) is 8.82. The van der Waals surface area contributed by atoms with Crippen molar-refractivity contribution in [1.29, 1.82) is 0 Å². The van der Waals surface area contributed by atoms with Gasteiger partial charge in [0.15, 0.2) is 0 Å². The molecule has 0 aliphatic rings. The van der Waals surface area contributed by atoms with E-state index in [-0.39, 0.29) is 0 Å². The second-order valence-electron chi connectivity index (χ2n) is 2.63. The van der Waals surface area contributed by atoms with E-state index in [1.165, 1.54) is 0 Å². The van der Waals surface area contributed by atoms with Crippen molar-refractivity contribution < 1.29 is 31.6 Å². The number of halogens is 2. The van der Waals surface area contributed by atoms with Crippen LogP contribution in [-0.2, 0) is 26.8 Å². The molecule has 6 heteroatoms. The van der Waals surface area contributed by atoms with Gasteiger partial charge in [0.05, 0.1) is 0 Å². The monoisotopic (exact) mass is 389 g/mol. The molecule has 0 aliphatic carbocycles. The fraction of sp³-hybridized carbons (Fsp3) is 0.800. The Kier molecular flexibility index (Phi) is 9.68. The maximum absolute atomic E-state index is 10.0. The molecule has 3 nitrogen and oxygen atoms in total. The third-order valence-corrected chi connectivity index (χ3v) is 0.407. The van der Waals surface area contributed by atoms with Gasteiger partial charge in [-0.05, 0) is 20.8 Å². The van der Waals surface area contributed by atoms with Crippen LogP contribution in [0.25, 0.3) is 0 Å². The Morgan fingerprint density at radius 1 is 1.45 bits per heavy atom. The summed E-state index contributed by atoms with van der Waals surface area (Å²) in [6.45, 7) is 5.28.